The molecule has 14 heavy (non-hydrogen) atoms. The molecule has 0 aromatic rings. The van der Waals surface area contributed by atoms with Crippen LogP contribution in [0.3, 0.4) is 0 Å². The Balaban J connectivity index is 3.22. The van der Waals surface area contributed by atoms with Crippen LogP contribution in [0.2, 0.25) is 0 Å². The topological polar surface area (TPSA) is 119 Å². The number of rotatable bonds is 2. The van der Waals surface area contributed by atoms with Crippen molar-refractivity contribution in [1.82, 2.24) is 10.3 Å². The monoisotopic (exact) mass is 242 g/mol. The lowest BCUT2D eigenvalue weighted by atomic mass is 10.2. The molecule has 9 heteroatoms. The largest absolute Gasteiger partial charge is 0.367 e. The Bertz CT molecular complexity index is 345. The molecule has 82 valence electrons. The van der Waals surface area contributed by atoms with Crippen LogP contribution >= 0.6 is 10.7 Å². The van der Waals surface area contributed by atoms with E-state index in [9.17, 15) is 13.2 Å². The van der Waals surface area contributed by atoms with E-state index in [0.29, 0.717) is 6.54 Å². The van der Waals surface area contributed by atoms with Crippen molar-refractivity contribution in [2.24, 2.45) is 11.6 Å². The molecule has 0 spiro atoms. The summed E-state index contributed by atoms with van der Waals surface area (Å²) in [6.07, 6.45) is 0. The third-order valence-electron chi connectivity index (χ3n) is 2.15. The Labute approximate surface area is 85.7 Å². The van der Waals surface area contributed by atoms with Gasteiger partial charge < -0.3 is 11.1 Å². The average molecular weight is 243 g/mol. The van der Waals surface area contributed by atoms with Crippen LogP contribution < -0.4 is 16.9 Å². The van der Waals surface area contributed by atoms with Crippen molar-refractivity contribution in [3.63, 3.8) is 0 Å². The van der Waals surface area contributed by atoms with Gasteiger partial charge in [0, 0.05) is 30.3 Å². The van der Waals surface area contributed by atoms with Gasteiger partial charge >= 0.3 is 0 Å². The normalized spacial score (nSPS) is 30.1. The van der Waals surface area contributed by atoms with E-state index >= 15 is 0 Å². The van der Waals surface area contributed by atoms with E-state index in [2.05, 4.69) is 5.32 Å². The Morgan fingerprint density at radius 2 is 2.14 bits per heavy atom. The van der Waals surface area contributed by atoms with Crippen molar-refractivity contribution in [2.75, 3.05) is 19.6 Å². The smallest absolute Gasteiger partial charge is 0.263 e. The maximum Gasteiger partial charge on any atom is 0.263 e. The summed E-state index contributed by atoms with van der Waals surface area (Å²) in [5.74, 6) is 4.35. The predicted molar refractivity (Wildman–Crippen MR) is 50.5 cm³/mol. The molecule has 1 unspecified atom stereocenters. The number of nitrogens with zero attached hydrogens (tertiary/aromatic N) is 1. The molecule has 0 aromatic heterocycles. The van der Waals surface area contributed by atoms with Crippen molar-refractivity contribution in [3.05, 3.63) is 0 Å². The number of nitrogens with two attached hydrogens (primary N) is 2. The highest BCUT2D eigenvalue weighted by Crippen LogP contribution is 2.24. The van der Waals surface area contributed by atoms with E-state index in [1.54, 1.807) is 0 Å². The average Bonchev–Trinajstić information content (AvgIpc) is 2.02. The molecule has 1 heterocycles. The number of carbonyl (C=O) groups excluding carboxylic acids is 1. The predicted octanol–water partition coefficient (Wildman–Crippen LogP) is -2.48. The fraction of sp³-hybridized carbons (Fsp3) is 0.800. The Hall–Kier alpha value is -0.410. The van der Waals surface area contributed by atoms with Gasteiger partial charge in [0.1, 0.15) is 0 Å². The summed E-state index contributed by atoms with van der Waals surface area (Å²) in [6, 6.07) is 0. The molecule has 1 aliphatic rings. The van der Waals surface area contributed by atoms with Crippen LogP contribution in [0.1, 0.15) is 0 Å². The molecule has 0 bridgehead atoms. The minimum absolute atomic E-state index is 0.175. The van der Waals surface area contributed by atoms with Gasteiger partial charge in [-0.25, -0.2) is 13.4 Å². The molecule has 7 nitrogen and oxygen atoms in total. The van der Waals surface area contributed by atoms with E-state index < -0.39 is 19.8 Å². The summed E-state index contributed by atoms with van der Waals surface area (Å²) in [5.41, 5.74) is 5.01. The van der Waals surface area contributed by atoms with Crippen molar-refractivity contribution in [3.8, 4) is 0 Å². The summed E-state index contributed by atoms with van der Waals surface area (Å²) < 4.78 is 22.5. The number of primary amides is 1. The number of carbonyl (C=O) groups is 1. The van der Waals surface area contributed by atoms with E-state index in [1.807, 2.05) is 0 Å². The minimum atomic E-state index is -4.20. The molecule has 0 radical (unpaired) electrons. The van der Waals surface area contributed by atoms with Crippen molar-refractivity contribution in [1.29, 1.82) is 0 Å². The quantitative estimate of drug-likeness (QED) is 0.364. The number of amides is 1. The summed E-state index contributed by atoms with van der Waals surface area (Å²) in [6.45, 7) is 0.442. The van der Waals surface area contributed by atoms with Crippen molar-refractivity contribution < 1.29 is 13.2 Å². The van der Waals surface area contributed by atoms with Gasteiger partial charge in [0.15, 0.2) is 0 Å². The lowest BCUT2D eigenvalue weighted by molar-refractivity contribution is -0.126. The molecule has 1 fully saturated rings. The van der Waals surface area contributed by atoms with Crippen LogP contribution in [0.25, 0.3) is 0 Å². The molecule has 0 aliphatic carbocycles. The fourth-order valence-electron chi connectivity index (χ4n) is 1.31. The minimum Gasteiger partial charge on any atom is -0.367 e. The molecule has 1 amide bonds. The second-order valence-corrected chi connectivity index (χ2v) is 5.73. The van der Waals surface area contributed by atoms with Crippen LogP contribution in [-0.2, 0) is 13.8 Å². The SMILES string of the molecule is NC(=O)C1(S(=O)(=O)Cl)CNCCN1N. The molecule has 1 aliphatic heterocycles. The molecule has 1 rings (SSSR count). The highest BCUT2D eigenvalue weighted by atomic mass is 35.7. The van der Waals surface area contributed by atoms with Crippen LogP contribution in [0.4, 0.5) is 0 Å². The van der Waals surface area contributed by atoms with Gasteiger partial charge in [-0.05, 0) is 0 Å². The number of hydrogen-bond donors (Lipinski definition) is 3. The Morgan fingerprint density at radius 1 is 1.57 bits per heavy atom. The summed E-state index contributed by atoms with van der Waals surface area (Å²) >= 11 is 0. The molecule has 0 aromatic carbocycles. The number of halogens is 1. The molecule has 5 N–H and O–H groups in total. The van der Waals surface area contributed by atoms with E-state index in [-0.39, 0.29) is 13.1 Å². The first kappa shape index (κ1) is 11.7. The van der Waals surface area contributed by atoms with Crippen LogP contribution in [0, 0.1) is 0 Å². The zero-order chi connectivity index (χ0) is 11.0. The maximum absolute atomic E-state index is 11.3. The zero-order valence-electron chi connectivity index (χ0n) is 7.23. The van der Waals surface area contributed by atoms with Crippen LogP contribution in [-0.4, -0.2) is 43.8 Å². The Kier molecular flexibility index (Phi) is 3.02. The van der Waals surface area contributed by atoms with Crippen LogP contribution in [0.15, 0.2) is 0 Å². The van der Waals surface area contributed by atoms with Gasteiger partial charge in [0.05, 0.1) is 0 Å². The standard InChI is InChI=1S/C5H11ClN4O3S/c6-14(12,13)5(4(7)11)3-9-1-2-10(5)8/h9H,1-3,8H2,(H2,7,11). The molecule has 1 atom stereocenters. The van der Waals surface area contributed by atoms with E-state index in [4.69, 9.17) is 22.3 Å². The highest BCUT2D eigenvalue weighted by molar-refractivity contribution is 8.15. The molecule has 1 saturated heterocycles. The van der Waals surface area contributed by atoms with Crippen molar-refractivity contribution >= 4 is 25.6 Å². The second kappa shape index (κ2) is 3.63. The fourth-order valence-corrected chi connectivity index (χ4v) is 2.86. The number of hydrazine groups is 1. The summed E-state index contributed by atoms with van der Waals surface area (Å²) in [7, 11) is 0.968. The number of hydrogen-bond acceptors (Lipinski definition) is 6. The first-order valence-electron chi connectivity index (χ1n) is 3.79. The molecular weight excluding hydrogens is 232 g/mol. The molecule has 0 saturated carbocycles. The van der Waals surface area contributed by atoms with E-state index in [1.165, 1.54) is 0 Å². The van der Waals surface area contributed by atoms with E-state index in [0.717, 1.165) is 5.01 Å². The number of piperazine rings is 1. The van der Waals surface area contributed by atoms with Gasteiger partial charge in [-0.15, -0.1) is 0 Å². The zero-order valence-corrected chi connectivity index (χ0v) is 8.81. The first-order valence-corrected chi connectivity index (χ1v) is 6.10. The van der Waals surface area contributed by atoms with Gasteiger partial charge in [-0.1, -0.05) is 0 Å². The van der Waals surface area contributed by atoms with Crippen molar-refractivity contribution in [2.45, 2.75) is 4.87 Å². The van der Waals surface area contributed by atoms with Gasteiger partial charge in [-0.2, -0.15) is 0 Å². The number of nitrogens with one attached hydrogen (secondary N) is 1. The third-order valence-corrected chi connectivity index (χ3v) is 4.30. The third kappa shape index (κ3) is 1.59. The summed E-state index contributed by atoms with van der Waals surface area (Å²) in [5, 5.41) is 3.56. The van der Waals surface area contributed by atoms with Crippen LogP contribution in [0.5, 0.6) is 0 Å². The molecular formula is C5H11ClN4O3S. The van der Waals surface area contributed by atoms with Gasteiger partial charge in [0.25, 0.3) is 15.0 Å². The maximum atomic E-state index is 11.3. The summed E-state index contributed by atoms with van der Waals surface area (Å²) in [4.78, 5) is 9.08. The second-order valence-electron chi connectivity index (χ2n) is 2.96. The lowest BCUT2D eigenvalue weighted by Crippen LogP contribution is -2.72. The Morgan fingerprint density at radius 3 is 2.43 bits per heavy atom. The van der Waals surface area contributed by atoms with Gasteiger partial charge in [-0.3, -0.25) is 10.6 Å². The van der Waals surface area contributed by atoms with Gasteiger partial charge in [0.2, 0.25) is 4.87 Å². The first-order chi connectivity index (χ1) is 6.32. The lowest BCUT2D eigenvalue weighted by Gasteiger charge is -2.39. The highest BCUT2D eigenvalue weighted by Gasteiger charge is 2.54.